The quantitative estimate of drug-likeness (QED) is 0.641. The Labute approximate surface area is 165 Å². The summed E-state index contributed by atoms with van der Waals surface area (Å²) >= 11 is 0. The van der Waals surface area contributed by atoms with Crippen molar-refractivity contribution in [3.63, 3.8) is 0 Å². The summed E-state index contributed by atoms with van der Waals surface area (Å²) in [5.41, 5.74) is 5.12. The number of aryl methyl sites for hydroxylation is 1. The average molecular weight is 374 g/mol. The van der Waals surface area contributed by atoms with Gasteiger partial charge >= 0.3 is 6.03 Å². The average Bonchev–Trinajstić information content (AvgIpc) is 3.26. The highest BCUT2D eigenvalue weighted by Crippen LogP contribution is 2.27. The highest BCUT2D eigenvalue weighted by Gasteiger charge is 2.16. The van der Waals surface area contributed by atoms with Gasteiger partial charge in [-0.2, -0.15) is 0 Å². The number of nitrogens with one attached hydrogen (secondary N) is 2. The molecular weight excluding hydrogens is 348 g/mol. The highest BCUT2D eigenvalue weighted by atomic mass is 16.2. The van der Waals surface area contributed by atoms with Gasteiger partial charge in [0.1, 0.15) is 5.82 Å². The Bertz CT molecular complexity index is 979. The first-order chi connectivity index (χ1) is 13.4. The minimum Gasteiger partial charge on any atom is -0.328 e. The maximum Gasteiger partial charge on any atom is 0.323 e. The first-order valence-corrected chi connectivity index (χ1v) is 9.73. The summed E-state index contributed by atoms with van der Waals surface area (Å²) in [6, 6.07) is 15.6. The lowest BCUT2D eigenvalue weighted by Gasteiger charge is -2.19. The van der Waals surface area contributed by atoms with Crippen molar-refractivity contribution in [1.82, 2.24) is 9.55 Å². The van der Waals surface area contributed by atoms with E-state index in [1.165, 1.54) is 5.56 Å². The minimum absolute atomic E-state index is 0.0954. The third kappa shape index (κ3) is 3.79. The van der Waals surface area contributed by atoms with Crippen LogP contribution in [0.2, 0.25) is 0 Å². The molecule has 1 aliphatic rings. The van der Waals surface area contributed by atoms with Crippen LogP contribution >= 0.6 is 0 Å². The summed E-state index contributed by atoms with van der Waals surface area (Å²) in [7, 11) is 0. The second-order valence-electron chi connectivity index (χ2n) is 8.30. The number of hydrogen-bond donors (Lipinski definition) is 2. The largest absolute Gasteiger partial charge is 0.328 e. The molecule has 1 aromatic heterocycles. The first-order valence-electron chi connectivity index (χ1n) is 9.73. The fourth-order valence-corrected chi connectivity index (χ4v) is 3.56. The molecule has 5 nitrogen and oxygen atoms in total. The van der Waals surface area contributed by atoms with Gasteiger partial charge in [-0.1, -0.05) is 45.0 Å². The van der Waals surface area contributed by atoms with Crippen molar-refractivity contribution < 1.29 is 4.79 Å². The van der Waals surface area contributed by atoms with Crippen LogP contribution in [0.1, 0.15) is 38.6 Å². The van der Waals surface area contributed by atoms with E-state index in [-0.39, 0.29) is 11.4 Å². The molecule has 3 aromatic rings. The monoisotopic (exact) mass is 374 g/mol. The molecule has 0 saturated heterocycles. The van der Waals surface area contributed by atoms with Gasteiger partial charge < -0.3 is 15.2 Å². The van der Waals surface area contributed by atoms with Gasteiger partial charge in [0.2, 0.25) is 0 Å². The molecule has 0 saturated carbocycles. The van der Waals surface area contributed by atoms with E-state index in [2.05, 4.69) is 53.1 Å². The van der Waals surface area contributed by atoms with Crippen molar-refractivity contribution in [3.05, 3.63) is 66.1 Å². The van der Waals surface area contributed by atoms with Crippen molar-refractivity contribution in [2.24, 2.45) is 0 Å². The van der Waals surface area contributed by atoms with Crippen LogP contribution in [0.5, 0.6) is 0 Å². The van der Waals surface area contributed by atoms with E-state index >= 15 is 0 Å². The van der Waals surface area contributed by atoms with Crippen molar-refractivity contribution in [1.29, 1.82) is 0 Å². The molecule has 0 atom stereocenters. The van der Waals surface area contributed by atoms with Crippen molar-refractivity contribution >= 4 is 17.4 Å². The van der Waals surface area contributed by atoms with E-state index in [4.69, 9.17) is 0 Å². The van der Waals surface area contributed by atoms with Gasteiger partial charge in [-0.05, 0) is 47.2 Å². The number of fused-ring (bicyclic) bond motifs is 1. The van der Waals surface area contributed by atoms with Crippen LogP contribution in [0.4, 0.5) is 16.2 Å². The molecule has 2 N–H and O–H groups in total. The van der Waals surface area contributed by atoms with E-state index in [1.807, 2.05) is 42.6 Å². The summed E-state index contributed by atoms with van der Waals surface area (Å²) in [5, 5.41) is 5.77. The van der Waals surface area contributed by atoms with Crippen molar-refractivity contribution in [2.75, 3.05) is 10.6 Å². The molecule has 0 fully saturated rings. The van der Waals surface area contributed by atoms with Gasteiger partial charge in [0.25, 0.3) is 0 Å². The number of rotatable bonds is 3. The van der Waals surface area contributed by atoms with Crippen LogP contribution in [-0.4, -0.2) is 15.6 Å². The van der Waals surface area contributed by atoms with Crippen LogP contribution in [0.3, 0.4) is 0 Å². The zero-order valence-corrected chi connectivity index (χ0v) is 16.6. The van der Waals surface area contributed by atoms with Crippen LogP contribution in [0, 0.1) is 0 Å². The number of nitrogens with zero attached hydrogens (tertiary/aromatic N) is 2. The highest BCUT2D eigenvalue weighted by molar-refractivity contribution is 5.99. The van der Waals surface area contributed by atoms with Gasteiger partial charge in [0.05, 0.1) is 11.9 Å². The van der Waals surface area contributed by atoms with Crippen molar-refractivity contribution in [2.45, 2.75) is 45.6 Å². The summed E-state index contributed by atoms with van der Waals surface area (Å²) in [4.78, 5) is 16.8. The minimum atomic E-state index is -0.249. The first kappa shape index (κ1) is 18.3. The number of urea groups is 1. The standard InChI is InChI=1S/C23H26N4O/c1-23(2,3)17-8-12-19(13-9-17)26-22(28)25-18-10-6-16(7-11-18)20-15-24-21-5-4-14-27(20)21/h6-13,15H,4-5,14H2,1-3H3,(H2,25,26,28). The number of aromatic nitrogens is 2. The Morgan fingerprint density at radius 3 is 2.18 bits per heavy atom. The van der Waals surface area contributed by atoms with Gasteiger partial charge in [-0.3, -0.25) is 0 Å². The number of amides is 2. The maximum atomic E-state index is 12.3. The number of hydrogen-bond acceptors (Lipinski definition) is 2. The van der Waals surface area contributed by atoms with Crippen LogP contribution in [-0.2, 0) is 18.4 Å². The molecule has 1 aliphatic heterocycles. The Hall–Kier alpha value is -3.08. The molecule has 4 rings (SSSR count). The Morgan fingerprint density at radius 2 is 1.57 bits per heavy atom. The van der Waals surface area contributed by atoms with Gasteiger partial charge in [0.15, 0.2) is 0 Å². The Balaban J connectivity index is 1.39. The zero-order chi connectivity index (χ0) is 19.7. The molecular formula is C23H26N4O. The summed E-state index contributed by atoms with van der Waals surface area (Å²) < 4.78 is 2.27. The van der Waals surface area contributed by atoms with Crippen LogP contribution in [0.25, 0.3) is 11.3 Å². The Morgan fingerprint density at radius 1 is 0.964 bits per heavy atom. The Kier molecular flexibility index (Phi) is 4.67. The van der Waals surface area contributed by atoms with E-state index in [0.29, 0.717) is 0 Å². The molecule has 2 amide bonds. The molecule has 28 heavy (non-hydrogen) atoms. The number of anilines is 2. The SMILES string of the molecule is CC(C)(C)c1ccc(NC(=O)Nc2ccc(-c3cnc4n3CCC4)cc2)cc1. The number of carbonyl (C=O) groups is 1. The molecule has 2 aromatic carbocycles. The maximum absolute atomic E-state index is 12.3. The summed E-state index contributed by atoms with van der Waals surface area (Å²) in [6.45, 7) is 7.54. The van der Waals surface area contributed by atoms with Crippen LogP contribution in [0.15, 0.2) is 54.7 Å². The van der Waals surface area contributed by atoms with Crippen LogP contribution < -0.4 is 10.6 Å². The number of imidazole rings is 1. The smallest absolute Gasteiger partial charge is 0.323 e. The molecule has 0 unspecified atom stereocenters. The second-order valence-corrected chi connectivity index (χ2v) is 8.30. The van der Waals surface area contributed by atoms with E-state index in [0.717, 1.165) is 47.8 Å². The van der Waals surface area contributed by atoms with Gasteiger partial charge in [-0.25, -0.2) is 9.78 Å². The fourth-order valence-electron chi connectivity index (χ4n) is 3.56. The third-order valence-electron chi connectivity index (χ3n) is 5.17. The zero-order valence-electron chi connectivity index (χ0n) is 16.6. The molecule has 0 bridgehead atoms. The lowest BCUT2D eigenvalue weighted by atomic mass is 9.87. The molecule has 0 spiro atoms. The normalized spacial score (nSPS) is 13.2. The molecule has 0 aliphatic carbocycles. The summed E-state index contributed by atoms with van der Waals surface area (Å²) in [5.74, 6) is 1.16. The third-order valence-corrected chi connectivity index (χ3v) is 5.17. The predicted octanol–water partition coefficient (Wildman–Crippen LogP) is 5.44. The number of carbonyl (C=O) groups excluding carboxylic acids is 1. The molecule has 5 heteroatoms. The lowest BCUT2D eigenvalue weighted by Crippen LogP contribution is -2.19. The fraction of sp³-hybridized carbons (Fsp3) is 0.304. The van der Waals surface area contributed by atoms with Crippen molar-refractivity contribution in [3.8, 4) is 11.3 Å². The summed E-state index contributed by atoms with van der Waals surface area (Å²) in [6.07, 6.45) is 4.15. The van der Waals surface area contributed by atoms with E-state index in [9.17, 15) is 4.79 Å². The van der Waals surface area contributed by atoms with Gasteiger partial charge in [-0.15, -0.1) is 0 Å². The van der Waals surface area contributed by atoms with Gasteiger partial charge in [0, 0.05) is 24.3 Å². The van der Waals surface area contributed by atoms with E-state index < -0.39 is 0 Å². The topological polar surface area (TPSA) is 59.0 Å². The molecule has 0 radical (unpaired) electrons. The predicted molar refractivity (Wildman–Crippen MR) is 114 cm³/mol. The molecule has 144 valence electrons. The van der Waals surface area contributed by atoms with E-state index in [1.54, 1.807) is 0 Å². The number of benzene rings is 2. The lowest BCUT2D eigenvalue weighted by molar-refractivity contribution is 0.262. The molecule has 2 heterocycles. The second kappa shape index (κ2) is 7.15.